The number of benzene rings is 1. The van der Waals surface area contributed by atoms with Gasteiger partial charge >= 0.3 is 0 Å². The number of rotatable bonds is 5. The molecule has 1 atom stereocenters. The molecule has 2 aromatic heterocycles. The van der Waals surface area contributed by atoms with Crippen LogP contribution in [0.5, 0.6) is 0 Å². The summed E-state index contributed by atoms with van der Waals surface area (Å²) in [5, 5.41) is 24.9. The lowest BCUT2D eigenvalue weighted by Crippen LogP contribution is -2.48. The number of hydrogen-bond acceptors (Lipinski definition) is 5. The van der Waals surface area contributed by atoms with Crippen molar-refractivity contribution in [1.82, 2.24) is 14.9 Å². The molecule has 4 rings (SSSR count). The van der Waals surface area contributed by atoms with E-state index in [1.807, 2.05) is 30.3 Å². The molecule has 7 nitrogen and oxygen atoms in total. The van der Waals surface area contributed by atoms with Gasteiger partial charge in [0.25, 0.3) is 11.5 Å². The van der Waals surface area contributed by atoms with Gasteiger partial charge in [-0.3, -0.25) is 9.59 Å². The van der Waals surface area contributed by atoms with Crippen LogP contribution in [0.3, 0.4) is 0 Å². The first kappa shape index (κ1) is 20.3. The van der Waals surface area contributed by atoms with Gasteiger partial charge in [-0.15, -0.1) is 0 Å². The topological polar surface area (TPSA) is 104 Å². The molecule has 0 saturated carbocycles. The first-order chi connectivity index (χ1) is 14.3. The predicted octanol–water partition coefficient (Wildman–Crippen LogP) is 2.04. The summed E-state index contributed by atoms with van der Waals surface area (Å²) in [4.78, 5) is 30.8. The van der Waals surface area contributed by atoms with Crippen molar-refractivity contribution in [1.29, 1.82) is 0 Å². The zero-order chi connectivity index (χ0) is 21.6. The van der Waals surface area contributed by atoms with Gasteiger partial charge in [0.1, 0.15) is 0 Å². The highest BCUT2D eigenvalue weighted by atomic mass is 16.3. The van der Waals surface area contributed by atoms with Crippen molar-refractivity contribution in [3.05, 3.63) is 63.4 Å². The molecule has 0 spiro atoms. The van der Waals surface area contributed by atoms with Gasteiger partial charge in [0.2, 0.25) is 0 Å². The Morgan fingerprint density at radius 1 is 1.30 bits per heavy atom. The number of aliphatic hydroxyl groups is 2. The Morgan fingerprint density at radius 3 is 2.70 bits per heavy atom. The van der Waals surface area contributed by atoms with Crippen molar-refractivity contribution < 1.29 is 15.0 Å². The summed E-state index contributed by atoms with van der Waals surface area (Å²) in [6.45, 7) is 5.02. The monoisotopic (exact) mass is 407 g/mol. The van der Waals surface area contributed by atoms with Crippen molar-refractivity contribution in [3.8, 4) is 11.4 Å². The van der Waals surface area contributed by atoms with Crippen LogP contribution in [-0.4, -0.2) is 31.7 Å². The number of para-hydroxylation sites is 1. The zero-order valence-electron chi connectivity index (χ0n) is 17.3. The number of nitrogens with zero attached hydrogens (tertiary/aromatic N) is 2. The lowest BCUT2D eigenvalue weighted by atomic mass is 9.86. The lowest BCUT2D eigenvalue weighted by Gasteiger charge is -2.29. The highest BCUT2D eigenvalue weighted by molar-refractivity contribution is 5.88. The minimum absolute atomic E-state index is 0.0272. The highest BCUT2D eigenvalue weighted by Gasteiger charge is 2.40. The van der Waals surface area contributed by atoms with Gasteiger partial charge in [-0.25, -0.2) is 4.98 Å². The molecule has 7 heteroatoms. The van der Waals surface area contributed by atoms with Gasteiger partial charge in [-0.2, -0.15) is 0 Å². The van der Waals surface area contributed by atoms with E-state index >= 15 is 0 Å². The Morgan fingerprint density at radius 2 is 2.03 bits per heavy atom. The number of fused-ring (bicyclic) bond motifs is 4. The summed E-state index contributed by atoms with van der Waals surface area (Å²) >= 11 is 0. The highest BCUT2D eigenvalue weighted by Crippen LogP contribution is 2.36. The largest absolute Gasteiger partial charge is 0.391 e. The fourth-order valence-corrected chi connectivity index (χ4v) is 4.09. The Balaban J connectivity index is 1.96. The number of pyridine rings is 2. The van der Waals surface area contributed by atoms with Gasteiger partial charge in [-0.05, 0) is 38.5 Å². The quantitative estimate of drug-likeness (QED) is 0.470. The summed E-state index contributed by atoms with van der Waals surface area (Å²) in [5.41, 5.74) is 0.681. The van der Waals surface area contributed by atoms with Crippen molar-refractivity contribution in [2.75, 3.05) is 0 Å². The normalized spacial score (nSPS) is 14.5. The number of nitrogens with one attached hydrogen (secondary N) is 1. The molecular formula is C23H25N3O4. The standard InChI is InChI=1S/C23H25N3O4/c1-4-23(30,22(29)24-13(2)3)17-10-19-20-15(11-26(19)21(28)16(17)12-27)9-14-7-5-6-8-18(14)25-20/h5-10,13,27,30H,4,11-12H2,1-3H3,(H,24,29)/t23-/m0/s1. The second-order valence-electron chi connectivity index (χ2n) is 8.00. The fourth-order valence-electron chi connectivity index (χ4n) is 4.09. The third-order valence-electron chi connectivity index (χ3n) is 5.69. The molecule has 0 unspecified atom stereocenters. The molecule has 0 radical (unpaired) electrons. The average molecular weight is 407 g/mol. The number of hydrogen-bond donors (Lipinski definition) is 3. The van der Waals surface area contributed by atoms with E-state index < -0.39 is 23.7 Å². The number of aliphatic hydroxyl groups excluding tert-OH is 1. The summed E-state index contributed by atoms with van der Waals surface area (Å²) in [6.07, 6.45) is 0.0550. The van der Waals surface area contributed by atoms with Crippen LogP contribution in [0.1, 0.15) is 43.9 Å². The maximum Gasteiger partial charge on any atom is 0.257 e. The number of carbonyl (C=O) groups excluding carboxylic acids is 1. The first-order valence-electron chi connectivity index (χ1n) is 10.1. The van der Waals surface area contributed by atoms with E-state index in [2.05, 4.69) is 5.32 Å². The molecule has 0 saturated heterocycles. The van der Waals surface area contributed by atoms with Crippen molar-refractivity contribution in [2.45, 2.75) is 52.0 Å². The van der Waals surface area contributed by atoms with Gasteiger partial charge in [-0.1, -0.05) is 25.1 Å². The van der Waals surface area contributed by atoms with Gasteiger partial charge in [0.05, 0.1) is 30.1 Å². The predicted molar refractivity (Wildman–Crippen MR) is 114 cm³/mol. The summed E-state index contributed by atoms with van der Waals surface area (Å²) in [7, 11) is 0. The molecule has 30 heavy (non-hydrogen) atoms. The third kappa shape index (κ3) is 3.02. The van der Waals surface area contributed by atoms with Crippen LogP contribution in [0.4, 0.5) is 0 Å². The van der Waals surface area contributed by atoms with Crippen molar-refractivity contribution in [2.24, 2.45) is 0 Å². The van der Waals surface area contributed by atoms with Crippen LogP contribution < -0.4 is 10.9 Å². The van der Waals surface area contributed by atoms with Crippen LogP contribution in [0.15, 0.2) is 41.2 Å². The SMILES string of the molecule is CC[C@@](O)(C(=O)NC(C)C)c1cc2n(c(=O)c1CO)Cc1cc3ccccc3nc1-2. The molecular weight excluding hydrogens is 382 g/mol. The molecule has 0 aliphatic carbocycles. The molecule has 0 fully saturated rings. The van der Waals surface area contributed by atoms with Crippen molar-refractivity contribution >= 4 is 16.8 Å². The minimum Gasteiger partial charge on any atom is -0.391 e. The third-order valence-corrected chi connectivity index (χ3v) is 5.69. The van der Waals surface area contributed by atoms with E-state index in [1.165, 1.54) is 0 Å². The Hall–Kier alpha value is -3.03. The average Bonchev–Trinajstić information content (AvgIpc) is 3.08. The molecule has 3 aromatic rings. The Kier molecular flexibility index (Phi) is 4.95. The van der Waals surface area contributed by atoms with Gasteiger partial charge < -0.3 is 20.1 Å². The first-order valence-corrected chi connectivity index (χ1v) is 10.1. The smallest absolute Gasteiger partial charge is 0.257 e. The maximum atomic E-state index is 13.2. The van der Waals surface area contributed by atoms with Gasteiger partial charge in [0.15, 0.2) is 5.60 Å². The molecule has 1 amide bonds. The van der Waals surface area contributed by atoms with Crippen LogP contribution >= 0.6 is 0 Å². The molecule has 1 aromatic carbocycles. The minimum atomic E-state index is -1.93. The van der Waals surface area contributed by atoms with E-state index in [4.69, 9.17) is 4.98 Å². The van der Waals surface area contributed by atoms with E-state index in [0.717, 1.165) is 16.5 Å². The van der Waals surface area contributed by atoms with E-state index in [1.54, 1.807) is 31.4 Å². The number of amides is 1. The molecule has 1 aliphatic rings. The summed E-state index contributed by atoms with van der Waals surface area (Å²) < 4.78 is 1.54. The van der Waals surface area contributed by atoms with Crippen molar-refractivity contribution in [3.63, 3.8) is 0 Å². The van der Waals surface area contributed by atoms with Gasteiger partial charge in [0, 0.05) is 28.1 Å². The molecule has 156 valence electrons. The maximum absolute atomic E-state index is 13.2. The summed E-state index contributed by atoms with van der Waals surface area (Å²) in [5.74, 6) is -0.594. The summed E-state index contributed by atoms with van der Waals surface area (Å²) in [6, 6.07) is 11.1. The molecule has 1 aliphatic heterocycles. The van der Waals surface area contributed by atoms with Crippen LogP contribution in [-0.2, 0) is 23.5 Å². The van der Waals surface area contributed by atoms with Crippen LogP contribution in [0, 0.1) is 0 Å². The molecule has 3 heterocycles. The number of aromatic nitrogens is 2. The lowest BCUT2D eigenvalue weighted by molar-refractivity contribution is -0.142. The Labute approximate surface area is 174 Å². The molecule has 3 N–H and O–H groups in total. The second-order valence-corrected chi connectivity index (χ2v) is 8.00. The molecule has 0 bridgehead atoms. The van der Waals surface area contributed by atoms with E-state index in [9.17, 15) is 19.8 Å². The fraction of sp³-hybridized carbons (Fsp3) is 0.348. The Bertz CT molecular complexity index is 1220. The van der Waals surface area contributed by atoms with E-state index in [-0.39, 0.29) is 23.6 Å². The van der Waals surface area contributed by atoms with Crippen LogP contribution in [0.25, 0.3) is 22.3 Å². The zero-order valence-corrected chi connectivity index (χ0v) is 17.3. The van der Waals surface area contributed by atoms with E-state index in [0.29, 0.717) is 17.9 Å². The second kappa shape index (κ2) is 7.34. The number of carbonyl (C=O) groups is 1. The van der Waals surface area contributed by atoms with Crippen LogP contribution in [0.2, 0.25) is 0 Å².